The molecule has 0 saturated carbocycles. The smallest absolute Gasteiger partial charge is 0.336 e. The Labute approximate surface area is 87.8 Å². The fourth-order valence-corrected chi connectivity index (χ4v) is 2.11. The van der Waals surface area contributed by atoms with E-state index in [0.29, 0.717) is 12.0 Å². The largest absolute Gasteiger partial charge is 0.436 e. The van der Waals surface area contributed by atoms with Crippen molar-refractivity contribution in [3.8, 4) is 0 Å². The monoisotopic (exact) mass is 210 g/mol. The molecule has 15 heavy (non-hydrogen) atoms. The number of hydrogen-bond donors (Lipinski definition) is 2. The van der Waals surface area contributed by atoms with Crippen LogP contribution in [0.1, 0.15) is 20.3 Å². The van der Waals surface area contributed by atoms with Gasteiger partial charge in [-0.05, 0) is 19.4 Å². The predicted octanol–water partition coefficient (Wildman–Crippen LogP) is 0.164. The van der Waals surface area contributed by atoms with Gasteiger partial charge in [-0.25, -0.2) is 4.79 Å². The number of fused-ring (bicyclic) bond motifs is 1. The van der Waals surface area contributed by atoms with Crippen LogP contribution in [0, 0.1) is 5.92 Å². The number of aliphatic hydroxyl groups excluding tert-OH is 1. The highest BCUT2D eigenvalue weighted by atomic mass is 16.6. The molecule has 0 aromatic heterocycles. The van der Waals surface area contributed by atoms with Gasteiger partial charge in [0.15, 0.2) is 6.23 Å². The van der Waals surface area contributed by atoms with Gasteiger partial charge in [-0.3, -0.25) is 5.43 Å². The van der Waals surface area contributed by atoms with Crippen LogP contribution in [0.25, 0.3) is 0 Å². The molecular formula is C10H14N2O3. The van der Waals surface area contributed by atoms with E-state index in [0.717, 1.165) is 11.3 Å². The van der Waals surface area contributed by atoms with Gasteiger partial charge in [0.05, 0.1) is 5.92 Å². The molecule has 0 aromatic rings. The highest BCUT2D eigenvalue weighted by molar-refractivity contribution is 5.96. The molecule has 0 amide bonds. The Kier molecular flexibility index (Phi) is 2.48. The zero-order valence-corrected chi connectivity index (χ0v) is 8.78. The van der Waals surface area contributed by atoms with Crippen LogP contribution in [-0.4, -0.2) is 29.6 Å². The number of ether oxygens (including phenoxy) is 1. The van der Waals surface area contributed by atoms with E-state index in [4.69, 9.17) is 9.84 Å². The number of nitrogens with zero attached hydrogens (tertiary/aromatic N) is 1. The highest BCUT2D eigenvalue weighted by Crippen LogP contribution is 2.31. The quantitative estimate of drug-likeness (QED) is 0.637. The SMILES string of the molecule is CC1=NNC2OC(=O)C(CCO)=C(C)C12. The maximum Gasteiger partial charge on any atom is 0.336 e. The molecule has 2 aliphatic rings. The van der Waals surface area contributed by atoms with Crippen LogP contribution < -0.4 is 5.43 Å². The summed E-state index contributed by atoms with van der Waals surface area (Å²) >= 11 is 0. The molecule has 2 atom stereocenters. The molecule has 2 aliphatic heterocycles. The fraction of sp³-hybridized carbons (Fsp3) is 0.600. The van der Waals surface area contributed by atoms with Gasteiger partial charge in [0, 0.05) is 24.3 Å². The lowest BCUT2D eigenvalue weighted by atomic mass is 9.88. The molecule has 2 rings (SSSR count). The lowest BCUT2D eigenvalue weighted by Crippen LogP contribution is -2.40. The molecule has 2 N–H and O–H groups in total. The number of carbonyl (C=O) groups is 1. The molecule has 0 saturated heterocycles. The normalized spacial score (nSPS) is 29.5. The molecule has 2 heterocycles. The van der Waals surface area contributed by atoms with E-state index >= 15 is 0 Å². The number of esters is 1. The summed E-state index contributed by atoms with van der Waals surface area (Å²) in [7, 11) is 0. The van der Waals surface area contributed by atoms with Crippen LogP contribution in [0.15, 0.2) is 16.2 Å². The van der Waals surface area contributed by atoms with Crippen molar-refractivity contribution in [1.29, 1.82) is 0 Å². The summed E-state index contributed by atoms with van der Waals surface area (Å²) in [5.41, 5.74) is 5.23. The standard InChI is InChI=1S/C10H14N2O3/c1-5-7(3-4-13)10(14)15-9-8(5)6(2)11-12-9/h8-9,12-13H,3-4H2,1-2H3. The minimum atomic E-state index is -0.361. The highest BCUT2D eigenvalue weighted by Gasteiger charge is 2.39. The third-order valence-corrected chi connectivity index (χ3v) is 2.91. The number of rotatable bonds is 2. The van der Waals surface area contributed by atoms with Crippen molar-refractivity contribution in [2.45, 2.75) is 26.5 Å². The Balaban J connectivity index is 2.34. The lowest BCUT2D eigenvalue weighted by Gasteiger charge is -2.28. The summed E-state index contributed by atoms with van der Waals surface area (Å²) < 4.78 is 5.18. The number of nitrogens with one attached hydrogen (secondary N) is 1. The zero-order chi connectivity index (χ0) is 11.0. The van der Waals surface area contributed by atoms with E-state index in [2.05, 4.69) is 10.5 Å². The van der Waals surface area contributed by atoms with Crippen LogP contribution in [0.3, 0.4) is 0 Å². The minimum Gasteiger partial charge on any atom is -0.436 e. The number of hydrazone groups is 1. The summed E-state index contributed by atoms with van der Waals surface area (Å²) in [4.78, 5) is 11.6. The summed E-state index contributed by atoms with van der Waals surface area (Å²) in [6.07, 6.45) is -0.0128. The van der Waals surface area contributed by atoms with Gasteiger partial charge in [-0.15, -0.1) is 0 Å². The molecule has 82 valence electrons. The molecule has 5 heteroatoms. The van der Waals surface area contributed by atoms with Crippen LogP contribution in [0.4, 0.5) is 0 Å². The molecule has 0 aromatic carbocycles. The van der Waals surface area contributed by atoms with Crippen molar-refractivity contribution in [2.75, 3.05) is 6.61 Å². The summed E-state index contributed by atoms with van der Waals surface area (Å²) in [6.45, 7) is 3.76. The van der Waals surface area contributed by atoms with Crippen LogP contribution in [-0.2, 0) is 9.53 Å². The first-order valence-corrected chi connectivity index (χ1v) is 4.96. The van der Waals surface area contributed by atoms with Gasteiger partial charge in [0.1, 0.15) is 0 Å². The van der Waals surface area contributed by atoms with Crippen molar-refractivity contribution in [3.63, 3.8) is 0 Å². The number of aliphatic hydroxyl groups is 1. The molecule has 0 aliphatic carbocycles. The van der Waals surface area contributed by atoms with Crippen molar-refractivity contribution < 1.29 is 14.6 Å². The Hall–Kier alpha value is -1.36. The number of carbonyl (C=O) groups excluding carboxylic acids is 1. The summed E-state index contributed by atoms with van der Waals surface area (Å²) in [5, 5.41) is 12.9. The van der Waals surface area contributed by atoms with Crippen molar-refractivity contribution >= 4 is 11.7 Å². The molecular weight excluding hydrogens is 196 g/mol. The second-order valence-corrected chi connectivity index (χ2v) is 3.82. The Morgan fingerprint density at radius 2 is 2.27 bits per heavy atom. The molecule has 0 fully saturated rings. The van der Waals surface area contributed by atoms with Gasteiger partial charge in [0.2, 0.25) is 0 Å². The van der Waals surface area contributed by atoms with Gasteiger partial charge < -0.3 is 9.84 Å². The second-order valence-electron chi connectivity index (χ2n) is 3.82. The maximum atomic E-state index is 11.6. The molecule has 0 radical (unpaired) electrons. The van der Waals surface area contributed by atoms with E-state index in [-0.39, 0.29) is 24.7 Å². The predicted molar refractivity (Wildman–Crippen MR) is 54.0 cm³/mol. The Bertz CT molecular complexity index is 360. The van der Waals surface area contributed by atoms with E-state index in [1.165, 1.54) is 0 Å². The van der Waals surface area contributed by atoms with Gasteiger partial charge in [0.25, 0.3) is 0 Å². The van der Waals surface area contributed by atoms with Crippen molar-refractivity contribution in [3.05, 3.63) is 11.1 Å². The Morgan fingerprint density at radius 3 is 2.93 bits per heavy atom. The first-order valence-electron chi connectivity index (χ1n) is 4.96. The molecule has 2 unspecified atom stereocenters. The molecule has 0 bridgehead atoms. The van der Waals surface area contributed by atoms with Crippen LogP contribution >= 0.6 is 0 Å². The van der Waals surface area contributed by atoms with E-state index in [9.17, 15) is 4.79 Å². The maximum absolute atomic E-state index is 11.6. The summed E-state index contributed by atoms with van der Waals surface area (Å²) in [6, 6.07) is 0. The summed E-state index contributed by atoms with van der Waals surface area (Å²) in [5.74, 6) is -0.315. The fourth-order valence-electron chi connectivity index (χ4n) is 2.11. The van der Waals surface area contributed by atoms with Crippen molar-refractivity contribution in [1.82, 2.24) is 5.43 Å². The Morgan fingerprint density at radius 1 is 1.53 bits per heavy atom. The third-order valence-electron chi connectivity index (χ3n) is 2.91. The van der Waals surface area contributed by atoms with Gasteiger partial charge in [-0.2, -0.15) is 5.10 Å². The van der Waals surface area contributed by atoms with E-state index in [1.807, 2.05) is 13.8 Å². The lowest BCUT2D eigenvalue weighted by molar-refractivity contribution is -0.148. The van der Waals surface area contributed by atoms with Gasteiger partial charge in [-0.1, -0.05) is 0 Å². The first-order chi connectivity index (χ1) is 7.15. The zero-order valence-electron chi connectivity index (χ0n) is 8.78. The first kappa shape index (κ1) is 10.2. The third kappa shape index (κ3) is 1.52. The second kappa shape index (κ2) is 3.66. The van der Waals surface area contributed by atoms with Gasteiger partial charge >= 0.3 is 5.97 Å². The van der Waals surface area contributed by atoms with Crippen LogP contribution in [0.5, 0.6) is 0 Å². The van der Waals surface area contributed by atoms with Crippen molar-refractivity contribution in [2.24, 2.45) is 11.0 Å². The van der Waals surface area contributed by atoms with Crippen LogP contribution in [0.2, 0.25) is 0 Å². The molecule has 5 nitrogen and oxygen atoms in total. The minimum absolute atomic E-state index is 0.0317. The average molecular weight is 210 g/mol. The topological polar surface area (TPSA) is 70.9 Å². The average Bonchev–Trinajstić information content (AvgIpc) is 2.54. The number of hydrogen-bond acceptors (Lipinski definition) is 5. The molecule has 0 spiro atoms. The van der Waals surface area contributed by atoms with E-state index in [1.54, 1.807) is 0 Å². The van der Waals surface area contributed by atoms with E-state index < -0.39 is 0 Å².